The van der Waals surface area contributed by atoms with Crippen LogP contribution in [0.2, 0.25) is 0 Å². The number of rotatable bonds is 8. The van der Waals surface area contributed by atoms with Crippen molar-refractivity contribution in [3.05, 3.63) is 11.5 Å². The molecule has 1 atom stereocenters. The Balaban J connectivity index is 2.39. The second kappa shape index (κ2) is 7.56. The van der Waals surface area contributed by atoms with Gasteiger partial charge in [0.2, 0.25) is 0 Å². The fourth-order valence-corrected chi connectivity index (χ4v) is 2.79. The van der Waals surface area contributed by atoms with Gasteiger partial charge in [-0.3, -0.25) is 5.32 Å². The minimum atomic E-state index is -0.377. The predicted octanol–water partition coefficient (Wildman–Crippen LogP) is 3.45. The molecule has 106 valence electrons. The van der Waals surface area contributed by atoms with E-state index >= 15 is 0 Å². The average molecular weight is 281 g/mol. The molecule has 0 aliphatic carbocycles. The molecule has 0 bridgehead atoms. The Morgan fingerprint density at radius 3 is 2.63 bits per heavy atom. The van der Waals surface area contributed by atoms with Gasteiger partial charge in [0.1, 0.15) is 11.3 Å². The molecular formula is C14H23N3OS. The SMILES string of the molecule is CCNC(C#N)(CC)CCCSc1nc(C)c(C)o1. The summed E-state index contributed by atoms with van der Waals surface area (Å²) in [4.78, 5) is 4.34. The maximum Gasteiger partial charge on any atom is 0.256 e. The van der Waals surface area contributed by atoms with Crippen LogP contribution in [0.25, 0.3) is 0 Å². The van der Waals surface area contributed by atoms with E-state index in [-0.39, 0.29) is 5.54 Å². The van der Waals surface area contributed by atoms with Gasteiger partial charge in [-0.15, -0.1) is 0 Å². The smallest absolute Gasteiger partial charge is 0.256 e. The highest BCUT2D eigenvalue weighted by Crippen LogP contribution is 2.23. The van der Waals surface area contributed by atoms with E-state index in [0.717, 1.165) is 48.2 Å². The molecule has 0 spiro atoms. The summed E-state index contributed by atoms with van der Waals surface area (Å²) < 4.78 is 5.52. The molecule has 5 heteroatoms. The topological polar surface area (TPSA) is 61.9 Å². The van der Waals surface area contributed by atoms with Crippen molar-refractivity contribution in [2.45, 2.75) is 57.7 Å². The lowest BCUT2D eigenvalue weighted by Crippen LogP contribution is -2.43. The number of nitrogens with zero attached hydrogens (tertiary/aromatic N) is 2. The number of nitriles is 1. The van der Waals surface area contributed by atoms with Crippen molar-refractivity contribution in [1.82, 2.24) is 10.3 Å². The molecule has 1 aromatic rings. The Labute approximate surface area is 120 Å². The molecule has 0 aliphatic heterocycles. The van der Waals surface area contributed by atoms with Gasteiger partial charge in [-0.2, -0.15) is 5.26 Å². The summed E-state index contributed by atoms with van der Waals surface area (Å²) in [5.41, 5.74) is 0.577. The van der Waals surface area contributed by atoms with Crippen LogP contribution in [-0.2, 0) is 0 Å². The first-order valence-electron chi connectivity index (χ1n) is 6.80. The van der Waals surface area contributed by atoms with Gasteiger partial charge in [-0.05, 0) is 39.7 Å². The molecule has 0 aromatic carbocycles. The first-order valence-corrected chi connectivity index (χ1v) is 7.78. The molecule has 1 unspecified atom stereocenters. The average Bonchev–Trinajstić information content (AvgIpc) is 2.72. The Morgan fingerprint density at radius 2 is 2.16 bits per heavy atom. The number of aryl methyl sites for hydroxylation is 2. The van der Waals surface area contributed by atoms with E-state index in [1.54, 1.807) is 11.8 Å². The second-order valence-electron chi connectivity index (χ2n) is 4.65. The first-order chi connectivity index (χ1) is 9.06. The van der Waals surface area contributed by atoms with Gasteiger partial charge in [-0.25, -0.2) is 4.98 Å². The third-order valence-electron chi connectivity index (χ3n) is 3.32. The van der Waals surface area contributed by atoms with Crippen LogP contribution in [0.15, 0.2) is 9.64 Å². The van der Waals surface area contributed by atoms with Gasteiger partial charge >= 0.3 is 0 Å². The lowest BCUT2D eigenvalue weighted by Gasteiger charge is -2.25. The van der Waals surface area contributed by atoms with Crippen LogP contribution in [0.4, 0.5) is 0 Å². The molecule has 0 fully saturated rings. The Morgan fingerprint density at radius 1 is 1.42 bits per heavy atom. The summed E-state index contributed by atoms with van der Waals surface area (Å²) in [7, 11) is 0. The third kappa shape index (κ3) is 4.55. The van der Waals surface area contributed by atoms with Gasteiger partial charge in [0.25, 0.3) is 5.22 Å². The molecule has 0 radical (unpaired) electrons. The zero-order chi connectivity index (χ0) is 14.3. The molecule has 4 nitrogen and oxygen atoms in total. The Hall–Kier alpha value is -0.990. The van der Waals surface area contributed by atoms with E-state index in [1.807, 2.05) is 20.8 Å². The van der Waals surface area contributed by atoms with Gasteiger partial charge in [0.15, 0.2) is 0 Å². The predicted molar refractivity (Wildman–Crippen MR) is 78.2 cm³/mol. The number of thioether (sulfide) groups is 1. The molecule has 0 saturated carbocycles. The molecular weight excluding hydrogens is 258 g/mol. The van der Waals surface area contributed by atoms with Crippen LogP contribution in [0.5, 0.6) is 0 Å². The lowest BCUT2D eigenvalue weighted by atomic mass is 9.92. The summed E-state index contributed by atoms with van der Waals surface area (Å²) >= 11 is 1.62. The zero-order valence-electron chi connectivity index (χ0n) is 12.2. The van der Waals surface area contributed by atoms with Crippen molar-refractivity contribution < 1.29 is 4.42 Å². The highest BCUT2D eigenvalue weighted by Gasteiger charge is 2.25. The molecule has 0 aliphatic rings. The van der Waals surface area contributed by atoms with Gasteiger partial charge in [0, 0.05) is 5.75 Å². The minimum Gasteiger partial charge on any atom is -0.437 e. The van der Waals surface area contributed by atoms with Crippen molar-refractivity contribution in [2.24, 2.45) is 0 Å². The summed E-state index contributed by atoms with van der Waals surface area (Å²) in [6.07, 6.45) is 2.66. The molecule has 0 saturated heterocycles. The van der Waals surface area contributed by atoms with Gasteiger partial charge in [-0.1, -0.05) is 25.6 Å². The van der Waals surface area contributed by atoms with Crippen LogP contribution in [0, 0.1) is 25.2 Å². The summed E-state index contributed by atoms with van der Waals surface area (Å²) in [5, 5.41) is 13.3. The monoisotopic (exact) mass is 281 g/mol. The van der Waals surface area contributed by atoms with Crippen molar-refractivity contribution in [3.8, 4) is 6.07 Å². The molecule has 19 heavy (non-hydrogen) atoms. The highest BCUT2D eigenvalue weighted by atomic mass is 32.2. The van der Waals surface area contributed by atoms with Crippen LogP contribution >= 0.6 is 11.8 Å². The molecule has 1 rings (SSSR count). The van der Waals surface area contributed by atoms with Crippen LogP contribution in [-0.4, -0.2) is 22.8 Å². The third-order valence-corrected chi connectivity index (χ3v) is 4.23. The van der Waals surface area contributed by atoms with E-state index in [9.17, 15) is 5.26 Å². The fraction of sp³-hybridized carbons (Fsp3) is 0.714. The largest absolute Gasteiger partial charge is 0.437 e. The number of aromatic nitrogens is 1. The van der Waals surface area contributed by atoms with E-state index in [0.29, 0.717) is 0 Å². The van der Waals surface area contributed by atoms with Gasteiger partial charge in [0.05, 0.1) is 11.8 Å². The standard InChI is InChI=1S/C14H23N3OS/c1-5-14(10-15,16-6-2)8-7-9-19-13-17-11(3)12(4)18-13/h16H,5-9H2,1-4H3. The van der Waals surface area contributed by atoms with Crippen LogP contribution < -0.4 is 5.32 Å². The number of hydrogen-bond acceptors (Lipinski definition) is 5. The van der Waals surface area contributed by atoms with Crippen LogP contribution in [0.3, 0.4) is 0 Å². The Bertz CT molecular complexity index is 419. The quantitative estimate of drug-likeness (QED) is 0.584. The Kier molecular flexibility index (Phi) is 6.40. The minimum absolute atomic E-state index is 0.377. The molecule has 1 N–H and O–H groups in total. The summed E-state index contributed by atoms with van der Waals surface area (Å²) in [6, 6.07) is 2.42. The zero-order valence-corrected chi connectivity index (χ0v) is 13.1. The van der Waals surface area contributed by atoms with Gasteiger partial charge < -0.3 is 4.42 Å². The van der Waals surface area contributed by atoms with Crippen molar-refractivity contribution in [3.63, 3.8) is 0 Å². The van der Waals surface area contributed by atoms with Crippen molar-refractivity contribution in [1.29, 1.82) is 5.26 Å². The maximum absolute atomic E-state index is 9.31. The lowest BCUT2D eigenvalue weighted by molar-refractivity contribution is 0.379. The second-order valence-corrected chi connectivity index (χ2v) is 5.70. The normalized spacial score (nSPS) is 14.1. The van der Waals surface area contributed by atoms with E-state index in [1.165, 1.54) is 0 Å². The maximum atomic E-state index is 9.31. The van der Waals surface area contributed by atoms with E-state index in [4.69, 9.17) is 4.42 Å². The van der Waals surface area contributed by atoms with E-state index < -0.39 is 0 Å². The van der Waals surface area contributed by atoms with Crippen molar-refractivity contribution >= 4 is 11.8 Å². The molecule has 1 aromatic heterocycles. The molecule has 1 heterocycles. The van der Waals surface area contributed by atoms with Crippen LogP contribution in [0.1, 0.15) is 44.6 Å². The molecule has 0 amide bonds. The number of hydrogen-bond donors (Lipinski definition) is 1. The number of oxazole rings is 1. The fourth-order valence-electron chi connectivity index (χ4n) is 1.94. The number of nitrogens with one attached hydrogen (secondary N) is 1. The first kappa shape index (κ1) is 16.1. The summed E-state index contributed by atoms with van der Waals surface area (Å²) in [5.74, 6) is 1.81. The van der Waals surface area contributed by atoms with Crippen molar-refractivity contribution in [2.75, 3.05) is 12.3 Å². The summed E-state index contributed by atoms with van der Waals surface area (Å²) in [6.45, 7) is 8.79. The van der Waals surface area contributed by atoms with E-state index in [2.05, 4.69) is 23.3 Å². The highest BCUT2D eigenvalue weighted by molar-refractivity contribution is 7.99.